The van der Waals surface area contributed by atoms with Crippen LogP contribution in [-0.2, 0) is 15.9 Å². The molecule has 33 heavy (non-hydrogen) atoms. The van der Waals surface area contributed by atoms with Crippen LogP contribution in [0.3, 0.4) is 0 Å². The Kier molecular flexibility index (Phi) is 7.42. The van der Waals surface area contributed by atoms with Gasteiger partial charge in [-0.25, -0.2) is 9.78 Å². The number of ether oxygens (including phenoxy) is 3. The molecule has 0 aromatic carbocycles. The summed E-state index contributed by atoms with van der Waals surface area (Å²) < 4.78 is 18.3. The van der Waals surface area contributed by atoms with Gasteiger partial charge in [-0.15, -0.1) is 0 Å². The summed E-state index contributed by atoms with van der Waals surface area (Å²) in [5.74, 6) is 0.0793. The number of carbonyl (C=O) groups excluding carboxylic acids is 1. The van der Waals surface area contributed by atoms with Crippen LogP contribution in [0.25, 0.3) is 17.0 Å². The van der Waals surface area contributed by atoms with E-state index in [4.69, 9.17) is 19.2 Å². The van der Waals surface area contributed by atoms with E-state index in [0.717, 1.165) is 17.6 Å². The minimum absolute atomic E-state index is 0.00703. The quantitative estimate of drug-likeness (QED) is 0.426. The van der Waals surface area contributed by atoms with E-state index in [1.54, 1.807) is 20.2 Å². The summed E-state index contributed by atoms with van der Waals surface area (Å²) in [6.07, 6.45) is 3.09. The summed E-state index contributed by atoms with van der Waals surface area (Å²) in [6, 6.07) is 3.52. The first kappa shape index (κ1) is 24.7. The van der Waals surface area contributed by atoms with Gasteiger partial charge in [0.05, 0.1) is 24.6 Å². The summed E-state index contributed by atoms with van der Waals surface area (Å²) in [6.45, 7) is 15.4. The average Bonchev–Trinajstić information content (AvgIpc) is 2.74. The lowest BCUT2D eigenvalue weighted by Crippen LogP contribution is -2.33. The van der Waals surface area contributed by atoms with E-state index in [2.05, 4.69) is 27.4 Å². The number of rotatable bonds is 8. The highest BCUT2D eigenvalue weighted by atomic mass is 16.5. The van der Waals surface area contributed by atoms with Crippen molar-refractivity contribution >= 4 is 11.5 Å². The van der Waals surface area contributed by atoms with Crippen LogP contribution in [0.5, 0.6) is 5.75 Å². The fourth-order valence-electron chi connectivity index (χ4n) is 4.10. The van der Waals surface area contributed by atoms with Crippen molar-refractivity contribution in [1.82, 2.24) is 9.55 Å². The summed E-state index contributed by atoms with van der Waals surface area (Å²) in [4.78, 5) is 30.2. The van der Waals surface area contributed by atoms with Gasteiger partial charge >= 0.3 is 5.97 Å². The summed E-state index contributed by atoms with van der Waals surface area (Å²) in [5, 5.41) is 0. The van der Waals surface area contributed by atoms with E-state index in [0.29, 0.717) is 42.5 Å². The number of fused-ring (bicyclic) bond motifs is 3. The van der Waals surface area contributed by atoms with E-state index >= 15 is 0 Å². The number of allylic oxidation sites excluding steroid dienone is 1. The molecular weight excluding hydrogens is 420 g/mol. The molecule has 0 unspecified atom stereocenters. The first-order chi connectivity index (χ1) is 15.6. The first-order valence-corrected chi connectivity index (χ1v) is 11.3. The van der Waals surface area contributed by atoms with Gasteiger partial charge in [0.2, 0.25) is 0 Å². The highest BCUT2D eigenvalue weighted by Crippen LogP contribution is 2.43. The van der Waals surface area contributed by atoms with Crippen molar-refractivity contribution in [2.45, 2.75) is 53.5 Å². The lowest BCUT2D eigenvalue weighted by molar-refractivity contribution is 0.0523. The van der Waals surface area contributed by atoms with E-state index in [1.165, 1.54) is 6.07 Å². The Morgan fingerprint density at radius 1 is 1.27 bits per heavy atom. The zero-order valence-corrected chi connectivity index (χ0v) is 20.5. The van der Waals surface area contributed by atoms with Gasteiger partial charge in [0, 0.05) is 38.4 Å². The fourth-order valence-corrected chi connectivity index (χ4v) is 4.10. The maximum Gasteiger partial charge on any atom is 0.343 e. The second-order valence-corrected chi connectivity index (χ2v) is 9.47. The number of methoxy groups -OCH3 is 1. The van der Waals surface area contributed by atoms with E-state index in [-0.39, 0.29) is 29.1 Å². The van der Waals surface area contributed by atoms with Crippen molar-refractivity contribution in [3.05, 3.63) is 52.0 Å². The van der Waals surface area contributed by atoms with Crippen LogP contribution in [0.15, 0.2) is 29.7 Å². The number of hydrogen-bond donors (Lipinski definition) is 0. The molecule has 1 aliphatic rings. The Hall–Kier alpha value is -2.93. The largest absolute Gasteiger partial charge is 0.491 e. The standard InChI is InChI=1S/C26H34N2O5/c1-8-32-25(30)18-15-28-19(14-20(18)29)24-17(13-22(28)26(4,5)6)12-21(23(27-24)16(2)3)33-11-9-10-31-7/h12,14-15,22H,2,8-11,13H2,1,3-7H3/t22-/m0/s1. The van der Waals surface area contributed by atoms with Gasteiger partial charge in [-0.2, -0.15) is 0 Å². The molecule has 2 aromatic rings. The van der Waals surface area contributed by atoms with Gasteiger partial charge in [0.25, 0.3) is 0 Å². The number of nitrogens with zero attached hydrogens (tertiary/aromatic N) is 2. The lowest BCUT2D eigenvalue weighted by Gasteiger charge is -2.38. The lowest BCUT2D eigenvalue weighted by atomic mass is 9.79. The zero-order valence-electron chi connectivity index (χ0n) is 20.5. The summed E-state index contributed by atoms with van der Waals surface area (Å²) >= 11 is 0. The normalized spacial score (nSPS) is 14.9. The molecule has 1 aliphatic heterocycles. The molecule has 3 heterocycles. The molecule has 7 heteroatoms. The Morgan fingerprint density at radius 3 is 2.61 bits per heavy atom. The van der Waals surface area contributed by atoms with Crippen LogP contribution in [0.4, 0.5) is 0 Å². The molecule has 1 atom stereocenters. The molecule has 0 N–H and O–H groups in total. The second-order valence-electron chi connectivity index (χ2n) is 9.47. The van der Waals surface area contributed by atoms with Crippen molar-refractivity contribution in [1.29, 1.82) is 0 Å². The molecule has 0 amide bonds. The molecule has 178 valence electrons. The Balaban J connectivity index is 2.17. The summed E-state index contributed by atoms with van der Waals surface area (Å²) in [7, 11) is 1.67. The highest BCUT2D eigenvalue weighted by Gasteiger charge is 2.35. The van der Waals surface area contributed by atoms with Gasteiger partial charge in [-0.05, 0) is 42.9 Å². The Labute approximate surface area is 195 Å². The third-order valence-corrected chi connectivity index (χ3v) is 5.79. The number of hydrogen-bond acceptors (Lipinski definition) is 6. The third-order valence-electron chi connectivity index (χ3n) is 5.79. The van der Waals surface area contributed by atoms with Gasteiger partial charge in [0.15, 0.2) is 5.43 Å². The molecule has 0 saturated heterocycles. The van der Waals surface area contributed by atoms with Crippen LogP contribution in [0.2, 0.25) is 0 Å². The minimum Gasteiger partial charge on any atom is -0.491 e. The monoisotopic (exact) mass is 454 g/mol. The van der Waals surface area contributed by atoms with Crippen LogP contribution in [0.1, 0.15) is 68.7 Å². The van der Waals surface area contributed by atoms with Gasteiger partial charge in [0.1, 0.15) is 17.0 Å². The first-order valence-electron chi connectivity index (χ1n) is 11.3. The van der Waals surface area contributed by atoms with Crippen molar-refractivity contribution in [2.24, 2.45) is 5.41 Å². The van der Waals surface area contributed by atoms with Crippen LogP contribution >= 0.6 is 0 Å². The molecule has 0 saturated carbocycles. The second kappa shape index (κ2) is 9.91. The van der Waals surface area contributed by atoms with Crippen molar-refractivity contribution in [3.63, 3.8) is 0 Å². The molecule has 7 nitrogen and oxygen atoms in total. The predicted molar refractivity (Wildman–Crippen MR) is 129 cm³/mol. The van der Waals surface area contributed by atoms with Crippen molar-refractivity contribution < 1.29 is 19.0 Å². The van der Waals surface area contributed by atoms with Crippen LogP contribution < -0.4 is 10.2 Å². The van der Waals surface area contributed by atoms with Crippen LogP contribution in [-0.4, -0.2) is 42.5 Å². The number of pyridine rings is 2. The minimum atomic E-state index is -0.605. The Morgan fingerprint density at radius 2 is 2.00 bits per heavy atom. The smallest absolute Gasteiger partial charge is 0.343 e. The molecule has 3 rings (SSSR count). The molecule has 2 aromatic heterocycles. The van der Waals surface area contributed by atoms with Crippen LogP contribution in [0, 0.1) is 5.41 Å². The molecule has 0 spiro atoms. The number of carbonyl (C=O) groups is 1. The summed E-state index contributed by atoms with van der Waals surface area (Å²) in [5.41, 5.74) is 3.36. The maximum atomic E-state index is 12.9. The van der Waals surface area contributed by atoms with E-state index in [1.807, 2.05) is 17.6 Å². The third kappa shape index (κ3) is 5.19. The number of esters is 1. The fraction of sp³-hybridized carbons (Fsp3) is 0.500. The molecule has 0 fully saturated rings. The SMILES string of the molecule is C=C(C)c1nc2c(cc1OCCCOC)C[C@@H](C(C)(C)C)n1cc(C(=O)OCC)c(=O)cc1-2. The molecule has 0 radical (unpaired) electrons. The van der Waals surface area contributed by atoms with Crippen molar-refractivity contribution in [2.75, 3.05) is 26.9 Å². The average molecular weight is 455 g/mol. The van der Waals surface area contributed by atoms with E-state index < -0.39 is 5.97 Å². The topological polar surface area (TPSA) is 79.7 Å². The van der Waals surface area contributed by atoms with Crippen molar-refractivity contribution in [3.8, 4) is 17.1 Å². The van der Waals surface area contributed by atoms with E-state index in [9.17, 15) is 9.59 Å². The van der Waals surface area contributed by atoms with Gasteiger partial charge in [-0.1, -0.05) is 27.4 Å². The predicted octanol–water partition coefficient (Wildman–Crippen LogP) is 4.68. The number of aromatic nitrogens is 2. The molecule has 0 aliphatic carbocycles. The maximum absolute atomic E-state index is 12.9. The molecule has 0 bridgehead atoms. The molecular formula is C26H34N2O5. The Bertz CT molecular complexity index is 1110. The highest BCUT2D eigenvalue weighted by molar-refractivity contribution is 5.89. The van der Waals surface area contributed by atoms with Gasteiger partial charge in [-0.3, -0.25) is 4.79 Å². The zero-order chi connectivity index (χ0) is 24.3. The van der Waals surface area contributed by atoms with Gasteiger partial charge < -0.3 is 18.8 Å².